The molecule has 1 aliphatic rings. The second-order valence-electron chi connectivity index (χ2n) is 5.21. The Hall–Kier alpha value is -0.0400. The Morgan fingerprint density at radius 2 is 2.00 bits per heavy atom. The minimum absolute atomic E-state index is 0.862. The third-order valence-electron chi connectivity index (χ3n) is 3.76. The predicted molar refractivity (Wildman–Crippen MR) is 63.4 cm³/mol. The standard InChI is InChI=1S/C13H27N/c1-4-12-6-5-7-13(9-12)8-11(2)10-14-3/h11-14H,4-10H2,1-3H3. The molecule has 0 heterocycles. The SMILES string of the molecule is CCC1CCCC(CC(C)CNC)C1. The molecule has 0 aromatic carbocycles. The van der Waals surface area contributed by atoms with Gasteiger partial charge < -0.3 is 5.32 Å². The van der Waals surface area contributed by atoms with E-state index < -0.39 is 0 Å². The maximum Gasteiger partial charge on any atom is -0.00261 e. The highest BCUT2D eigenvalue weighted by molar-refractivity contribution is 4.74. The molecule has 84 valence electrons. The molecule has 14 heavy (non-hydrogen) atoms. The summed E-state index contributed by atoms with van der Waals surface area (Å²) in [5.41, 5.74) is 0. The van der Waals surface area contributed by atoms with Crippen molar-refractivity contribution in [3.63, 3.8) is 0 Å². The molecule has 0 saturated heterocycles. The van der Waals surface area contributed by atoms with Crippen molar-refractivity contribution >= 4 is 0 Å². The van der Waals surface area contributed by atoms with Gasteiger partial charge in [-0.25, -0.2) is 0 Å². The molecule has 1 N–H and O–H groups in total. The van der Waals surface area contributed by atoms with E-state index in [1.54, 1.807) is 0 Å². The first kappa shape index (κ1) is 12.0. The summed E-state index contributed by atoms with van der Waals surface area (Å²) < 4.78 is 0. The van der Waals surface area contributed by atoms with Gasteiger partial charge in [-0.15, -0.1) is 0 Å². The van der Waals surface area contributed by atoms with Crippen molar-refractivity contribution in [1.29, 1.82) is 0 Å². The molecule has 1 rings (SSSR count). The van der Waals surface area contributed by atoms with Gasteiger partial charge in [0.05, 0.1) is 0 Å². The highest BCUT2D eigenvalue weighted by Gasteiger charge is 2.21. The fraction of sp³-hybridized carbons (Fsp3) is 1.00. The molecule has 0 amide bonds. The highest BCUT2D eigenvalue weighted by atomic mass is 14.8. The molecule has 0 aliphatic heterocycles. The molecule has 1 heteroatoms. The average molecular weight is 197 g/mol. The predicted octanol–water partition coefficient (Wildman–Crippen LogP) is 3.45. The Morgan fingerprint density at radius 3 is 2.64 bits per heavy atom. The van der Waals surface area contributed by atoms with Crippen LogP contribution in [0.15, 0.2) is 0 Å². The second-order valence-corrected chi connectivity index (χ2v) is 5.21. The molecule has 0 radical (unpaired) electrons. The van der Waals surface area contributed by atoms with Gasteiger partial charge in [0.15, 0.2) is 0 Å². The van der Waals surface area contributed by atoms with E-state index in [0.29, 0.717) is 0 Å². The van der Waals surface area contributed by atoms with Gasteiger partial charge >= 0.3 is 0 Å². The molecular weight excluding hydrogens is 170 g/mol. The van der Waals surface area contributed by atoms with Crippen LogP contribution in [0.4, 0.5) is 0 Å². The number of nitrogens with one attached hydrogen (secondary N) is 1. The van der Waals surface area contributed by atoms with E-state index in [1.807, 2.05) is 0 Å². The summed E-state index contributed by atoms with van der Waals surface area (Å²) in [4.78, 5) is 0. The van der Waals surface area contributed by atoms with Crippen LogP contribution in [0.25, 0.3) is 0 Å². The summed E-state index contributed by atoms with van der Waals surface area (Å²) in [6.07, 6.45) is 8.81. The molecule has 3 atom stereocenters. The Balaban J connectivity index is 2.22. The van der Waals surface area contributed by atoms with E-state index in [1.165, 1.54) is 45.1 Å². The third-order valence-corrected chi connectivity index (χ3v) is 3.76. The second kappa shape index (κ2) is 6.44. The van der Waals surface area contributed by atoms with E-state index in [9.17, 15) is 0 Å². The molecule has 0 aromatic rings. The van der Waals surface area contributed by atoms with E-state index >= 15 is 0 Å². The van der Waals surface area contributed by atoms with Gasteiger partial charge in [0.25, 0.3) is 0 Å². The van der Waals surface area contributed by atoms with Crippen LogP contribution in [0.2, 0.25) is 0 Å². The average Bonchev–Trinajstić information content (AvgIpc) is 2.18. The normalized spacial score (nSPS) is 30.2. The summed E-state index contributed by atoms with van der Waals surface area (Å²) in [5, 5.41) is 3.28. The molecule has 1 fully saturated rings. The zero-order chi connectivity index (χ0) is 10.4. The van der Waals surface area contributed by atoms with Crippen LogP contribution in [0.3, 0.4) is 0 Å². The molecule has 3 unspecified atom stereocenters. The maximum absolute atomic E-state index is 3.28. The van der Waals surface area contributed by atoms with Crippen molar-refractivity contribution in [2.45, 2.75) is 52.4 Å². The number of hydrogen-bond donors (Lipinski definition) is 1. The maximum atomic E-state index is 3.28. The van der Waals surface area contributed by atoms with E-state index in [0.717, 1.165) is 17.8 Å². The van der Waals surface area contributed by atoms with Gasteiger partial charge in [0.1, 0.15) is 0 Å². The topological polar surface area (TPSA) is 12.0 Å². The molecule has 0 spiro atoms. The Morgan fingerprint density at radius 1 is 1.29 bits per heavy atom. The first-order valence-electron chi connectivity index (χ1n) is 6.40. The smallest absolute Gasteiger partial charge is 0.00261 e. The summed E-state index contributed by atoms with van der Waals surface area (Å²) in [6, 6.07) is 0. The fourth-order valence-electron chi connectivity index (χ4n) is 2.99. The van der Waals surface area contributed by atoms with Gasteiger partial charge in [-0.05, 0) is 44.2 Å². The first-order chi connectivity index (χ1) is 6.76. The van der Waals surface area contributed by atoms with Crippen molar-refractivity contribution in [2.24, 2.45) is 17.8 Å². The third kappa shape index (κ3) is 4.00. The van der Waals surface area contributed by atoms with E-state index in [4.69, 9.17) is 0 Å². The van der Waals surface area contributed by atoms with Crippen LogP contribution in [-0.2, 0) is 0 Å². The lowest BCUT2D eigenvalue weighted by Crippen LogP contribution is -2.22. The van der Waals surface area contributed by atoms with Crippen LogP contribution in [0.1, 0.15) is 52.4 Å². The molecule has 1 saturated carbocycles. The van der Waals surface area contributed by atoms with Crippen LogP contribution in [0.5, 0.6) is 0 Å². The summed E-state index contributed by atoms with van der Waals surface area (Å²) in [7, 11) is 2.06. The summed E-state index contributed by atoms with van der Waals surface area (Å²) >= 11 is 0. The summed E-state index contributed by atoms with van der Waals surface area (Å²) in [6.45, 7) is 5.92. The van der Waals surface area contributed by atoms with Crippen molar-refractivity contribution in [2.75, 3.05) is 13.6 Å². The van der Waals surface area contributed by atoms with Crippen molar-refractivity contribution in [3.8, 4) is 0 Å². The molecule has 1 aliphatic carbocycles. The molecule has 0 bridgehead atoms. The Bertz CT molecular complexity index is 144. The van der Waals surface area contributed by atoms with E-state index in [2.05, 4.69) is 26.2 Å². The number of hydrogen-bond acceptors (Lipinski definition) is 1. The fourth-order valence-corrected chi connectivity index (χ4v) is 2.99. The first-order valence-corrected chi connectivity index (χ1v) is 6.40. The van der Waals surface area contributed by atoms with E-state index in [-0.39, 0.29) is 0 Å². The zero-order valence-electron chi connectivity index (χ0n) is 10.2. The Labute approximate surface area is 89.7 Å². The summed E-state index contributed by atoms with van der Waals surface area (Å²) in [5.74, 6) is 2.92. The van der Waals surface area contributed by atoms with Gasteiger partial charge in [0.2, 0.25) is 0 Å². The van der Waals surface area contributed by atoms with Crippen molar-refractivity contribution in [1.82, 2.24) is 5.32 Å². The van der Waals surface area contributed by atoms with Crippen LogP contribution >= 0.6 is 0 Å². The lowest BCUT2D eigenvalue weighted by molar-refractivity contribution is 0.226. The largest absolute Gasteiger partial charge is 0.319 e. The van der Waals surface area contributed by atoms with Crippen LogP contribution in [-0.4, -0.2) is 13.6 Å². The van der Waals surface area contributed by atoms with Crippen molar-refractivity contribution < 1.29 is 0 Å². The lowest BCUT2D eigenvalue weighted by Gasteiger charge is -2.30. The minimum Gasteiger partial charge on any atom is -0.319 e. The van der Waals surface area contributed by atoms with Crippen LogP contribution in [0, 0.1) is 17.8 Å². The zero-order valence-corrected chi connectivity index (χ0v) is 10.2. The molecular formula is C13H27N. The monoisotopic (exact) mass is 197 g/mol. The van der Waals surface area contributed by atoms with Gasteiger partial charge in [0, 0.05) is 0 Å². The van der Waals surface area contributed by atoms with Gasteiger partial charge in [-0.3, -0.25) is 0 Å². The number of rotatable bonds is 5. The lowest BCUT2D eigenvalue weighted by atomic mass is 9.77. The Kier molecular flexibility index (Phi) is 5.54. The van der Waals surface area contributed by atoms with Gasteiger partial charge in [-0.1, -0.05) is 39.5 Å². The highest BCUT2D eigenvalue weighted by Crippen LogP contribution is 2.34. The van der Waals surface area contributed by atoms with Gasteiger partial charge in [-0.2, -0.15) is 0 Å². The van der Waals surface area contributed by atoms with Crippen molar-refractivity contribution in [3.05, 3.63) is 0 Å². The molecule has 1 nitrogen and oxygen atoms in total. The van der Waals surface area contributed by atoms with Crippen LogP contribution < -0.4 is 5.32 Å². The minimum atomic E-state index is 0.862. The molecule has 0 aromatic heterocycles. The quantitative estimate of drug-likeness (QED) is 0.712.